The van der Waals surface area contributed by atoms with Crippen LogP contribution in [0.2, 0.25) is 0 Å². The highest BCUT2D eigenvalue weighted by atomic mass is 19.1. The fraction of sp³-hybridized carbons (Fsp3) is 0.647. The lowest BCUT2D eigenvalue weighted by atomic mass is 9.98. The summed E-state index contributed by atoms with van der Waals surface area (Å²) < 4.78 is 19.3. The molecule has 0 amide bonds. The summed E-state index contributed by atoms with van der Waals surface area (Å²) in [7, 11) is 1.75. The molecule has 1 atom stereocenters. The van der Waals surface area contributed by atoms with Crippen LogP contribution in [0.25, 0.3) is 0 Å². The van der Waals surface area contributed by atoms with Crippen LogP contribution in [0.4, 0.5) is 4.39 Å². The molecule has 0 bridgehead atoms. The van der Waals surface area contributed by atoms with Crippen LogP contribution >= 0.6 is 0 Å². The Balaban J connectivity index is 1.97. The Kier molecular flexibility index (Phi) is 6.61. The van der Waals surface area contributed by atoms with Gasteiger partial charge in [0, 0.05) is 32.3 Å². The van der Waals surface area contributed by atoms with Crippen molar-refractivity contribution in [1.82, 2.24) is 10.2 Å². The third-order valence-corrected chi connectivity index (χ3v) is 4.09. The van der Waals surface area contributed by atoms with E-state index in [9.17, 15) is 4.39 Å². The van der Waals surface area contributed by atoms with Crippen molar-refractivity contribution in [3.8, 4) is 0 Å². The van der Waals surface area contributed by atoms with Crippen molar-refractivity contribution < 1.29 is 9.13 Å². The van der Waals surface area contributed by atoms with Crippen LogP contribution in [0.1, 0.15) is 30.9 Å². The number of nitrogens with one attached hydrogen (secondary N) is 1. The lowest BCUT2D eigenvalue weighted by Crippen LogP contribution is -2.36. The summed E-state index contributed by atoms with van der Waals surface area (Å²) in [6.45, 7) is 7.37. The van der Waals surface area contributed by atoms with Gasteiger partial charge in [0.2, 0.25) is 0 Å². The summed E-state index contributed by atoms with van der Waals surface area (Å²) in [5.74, 6) is 0.487. The summed E-state index contributed by atoms with van der Waals surface area (Å²) >= 11 is 0. The predicted molar refractivity (Wildman–Crippen MR) is 83.7 cm³/mol. The molecule has 0 aliphatic carbocycles. The molecule has 0 saturated carbocycles. The lowest BCUT2D eigenvalue weighted by Gasteiger charge is -2.32. The number of nitrogens with zero attached hydrogens (tertiary/aromatic N) is 1. The number of hydrogen-bond acceptors (Lipinski definition) is 3. The fourth-order valence-electron chi connectivity index (χ4n) is 3.04. The van der Waals surface area contributed by atoms with Crippen LogP contribution < -0.4 is 5.32 Å². The molecule has 2 rings (SSSR count). The number of benzene rings is 1. The Morgan fingerprint density at radius 3 is 3.05 bits per heavy atom. The van der Waals surface area contributed by atoms with E-state index in [1.165, 1.54) is 12.8 Å². The molecule has 1 heterocycles. The zero-order chi connectivity index (χ0) is 15.1. The molecule has 1 aromatic carbocycles. The van der Waals surface area contributed by atoms with Gasteiger partial charge in [0.25, 0.3) is 0 Å². The van der Waals surface area contributed by atoms with Crippen LogP contribution in [0.5, 0.6) is 0 Å². The number of piperidine rings is 1. The van der Waals surface area contributed by atoms with Gasteiger partial charge in [-0.05, 0) is 43.5 Å². The number of rotatable bonds is 7. The average Bonchev–Trinajstić information content (AvgIpc) is 2.49. The largest absolute Gasteiger partial charge is 0.384 e. The SMILES string of the molecule is CCNCc1ccc(F)c(CN2CCCC(COC)C2)c1. The third-order valence-electron chi connectivity index (χ3n) is 4.09. The Hall–Kier alpha value is -0.970. The first-order valence-corrected chi connectivity index (χ1v) is 7.92. The molecule has 0 spiro atoms. The summed E-state index contributed by atoms with van der Waals surface area (Å²) in [4.78, 5) is 2.35. The van der Waals surface area contributed by atoms with Crippen molar-refractivity contribution in [1.29, 1.82) is 0 Å². The van der Waals surface area contributed by atoms with Crippen LogP contribution in [-0.4, -0.2) is 38.3 Å². The van der Waals surface area contributed by atoms with E-state index in [4.69, 9.17) is 4.74 Å². The molecule has 21 heavy (non-hydrogen) atoms. The Labute approximate surface area is 127 Å². The normalized spacial score (nSPS) is 19.9. The van der Waals surface area contributed by atoms with Gasteiger partial charge in [-0.25, -0.2) is 4.39 Å². The van der Waals surface area contributed by atoms with Gasteiger partial charge in [0.05, 0.1) is 6.61 Å². The van der Waals surface area contributed by atoms with Crippen LogP contribution in [0, 0.1) is 11.7 Å². The maximum atomic E-state index is 14.0. The molecule has 3 nitrogen and oxygen atoms in total. The first-order chi connectivity index (χ1) is 10.2. The van der Waals surface area contributed by atoms with E-state index in [0.29, 0.717) is 12.5 Å². The Morgan fingerprint density at radius 2 is 2.29 bits per heavy atom. The van der Waals surface area contributed by atoms with Gasteiger partial charge in [0.15, 0.2) is 0 Å². The molecular formula is C17H27FN2O. The Morgan fingerprint density at radius 1 is 1.43 bits per heavy atom. The van der Waals surface area contributed by atoms with Gasteiger partial charge >= 0.3 is 0 Å². The minimum Gasteiger partial charge on any atom is -0.384 e. The molecule has 1 saturated heterocycles. The molecule has 1 unspecified atom stereocenters. The molecule has 4 heteroatoms. The van der Waals surface area contributed by atoms with Crippen LogP contribution in [0.3, 0.4) is 0 Å². The maximum absolute atomic E-state index is 14.0. The van der Waals surface area contributed by atoms with E-state index >= 15 is 0 Å². The molecule has 1 aromatic rings. The van der Waals surface area contributed by atoms with Crippen molar-refractivity contribution in [3.63, 3.8) is 0 Å². The molecule has 0 radical (unpaired) electrons. The van der Waals surface area contributed by atoms with Gasteiger partial charge in [0.1, 0.15) is 5.82 Å². The second-order valence-corrected chi connectivity index (χ2v) is 5.90. The van der Waals surface area contributed by atoms with Gasteiger partial charge < -0.3 is 10.1 Å². The lowest BCUT2D eigenvalue weighted by molar-refractivity contribution is 0.0868. The zero-order valence-corrected chi connectivity index (χ0v) is 13.2. The van der Waals surface area contributed by atoms with E-state index < -0.39 is 0 Å². The van der Waals surface area contributed by atoms with Crippen molar-refractivity contribution in [3.05, 3.63) is 35.1 Å². The van der Waals surface area contributed by atoms with Crippen molar-refractivity contribution in [2.75, 3.05) is 33.4 Å². The number of methoxy groups -OCH3 is 1. The number of ether oxygens (including phenoxy) is 1. The molecule has 118 valence electrons. The highest BCUT2D eigenvalue weighted by Crippen LogP contribution is 2.20. The maximum Gasteiger partial charge on any atom is 0.127 e. The summed E-state index contributed by atoms with van der Waals surface area (Å²) in [5, 5.41) is 3.29. The predicted octanol–water partition coefficient (Wildman–Crippen LogP) is 2.79. The number of halogens is 1. The molecule has 1 fully saturated rings. The molecule has 0 aromatic heterocycles. The van der Waals surface area contributed by atoms with E-state index in [1.54, 1.807) is 13.2 Å². The number of likely N-dealkylation sites (tertiary alicyclic amines) is 1. The zero-order valence-electron chi connectivity index (χ0n) is 13.2. The van der Waals surface area contributed by atoms with Crippen molar-refractivity contribution in [2.45, 2.75) is 32.9 Å². The minimum atomic E-state index is -0.0934. The standard InChI is InChI=1S/C17H27FN2O/c1-3-19-10-14-6-7-17(18)16(9-14)12-20-8-4-5-15(11-20)13-21-2/h6-7,9,15,19H,3-5,8,10-13H2,1-2H3. The summed E-state index contributed by atoms with van der Waals surface area (Å²) in [6.07, 6.45) is 2.39. The van der Waals surface area contributed by atoms with Crippen LogP contribution in [-0.2, 0) is 17.8 Å². The molecular weight excluding hydrogens is 267 g/mol. The second kappa shape index (κ2) is 8.47. The molecule has 1 N–H and O–H groups in total. The number of hydrogen-bond donors (Lipinski definition) is 1. The van der Waals surface area contributed by atoms with Crippen molar-refractivity contribution >= 4 is 0 Å². The summed E-state index contributed by atoms with van der Waals surface area (Å²) in [5.41, 5.74) is 1.96. The van der Waals surface area contributed by atoms with E-state index in [1.807, 2.05) is 12.1 Å². The topological polar surface area (TPSA) is 24.5 Å². The molecule has 1 aliphatic heterocycles. The van der Waals surface area contributed by atoms with E-state index in [2.05, 4.69) is 17.1 Å². The minimum absolute atomic E-state index is 0.0934. The first-order valence-electron chi connectivity index (χ1n) is 7.92. The molecule has 1 aliphatic rings. The van der Waals surface area contributed by atoms with Gasteiger partial charge in [-0.15, -0.1) is 0 Å². The fourth-order valence-corrected chi connectivity index (χ4v) is 3.04. The van der Waals surface area contributed by atoms with Crippen LogP contribution in [0.15, 0.2) is 18.2 Å². The summed E-state index contributed by atoms with van der Waals surface area (Å²) in [6, 6.07) is 5.46. The van der Waals surface area contributed by atoms with Gasteiger partial charge in [-0.1, -0.05) is 19.1 Å². The van der Waals surface area contributed by atoms with Gasteiger partial charge in [-0.2, -0.15) is 0 Å². The monoisotopic (exact) mass is 294 g/mol. The third kappa shape index (κ3) is 5.06. The first kappa shape index (κ1) is 16.4. The average molecular weight is 294 g/mol. The quantitative estimate of drug-likeness (QED) is 0.837. The van der Waals surface area contributed by atoms with E-state index in [0.717, 1.165) is 43.9 Å². The van der Waals surface area contributed by atoms with Gasteiger partial charge in [-0.3, -0.25) is 4.90 Å². The highest BCUT2D eigenvalue weighted by Gasteiger charge is 2.20. The second-order valence-electron chi connectivity index (χ2n) is 5.90. The highest BCUT2D eigenvalue weighted by molar-refractivity contribution is 5.25. The van der Waals surface area contributed by atoms with Crippen molar-refractivity contribution in [2.24, 2.45) is 5.92 Å². The smallest absolute Gasteiger partial charge is 0.127 e. The Bertz CT molecular complexity index is 437. The van der Waals surface area contributed by atoms with E-state index in [-0.39, 0.29) is 5.82 Å².